The molecule has 9 heteroatoms. The van der Waals surface area contributed by atoms with Gasteiger partial charge < -0.3 is 4.90 Å². The molecule has 1 fully saturated rings. The van der Waals surface area contributed by atoms with Gasteiger partial charge in [-0.05, 0) is 30.5 Å². The molecule has 136 valence electrons. The van der Waals surface area contributed by atoms with Crippen molar-refractivity contribution in [3.8, 4) is 0 Å². The highest BCUT2D eigenvalue weighted by molar-refractivity contribution is 6.02. The molecule has 1 aromatic rings. The van der Waals surface area contributed by atoms with Crippen LogP contribution < -0.4 is 15.1 Å². The number of hydrogen-bond donors (Lipinski definition) is 1. The van der Waals surface area contributed by atoms with E-state index in [0.717, 1.165) is 0 Å². The Bertz CT molecular complexity index is 691. The summed E-state index contributed by atoms with van der Waals surface area (Å²) in [6, 6.07) is 3.56. The first-order chi connectivity index (χ1) is 11.7. The van der Waals surface area contributed by atoms with Gasteiger partial charge in [-0.15, -0.1) is 13.2 Å². The number of likely N-dealkylation sites (N-methyl/N-ethyl adjacent to an activating group) is 1. The summed E-state index contributed by atoms with van der Waals surface area (Å²) in [5.74, 6) is -0.991. The summed E-state index contributed by atoms with van der Waals surface area (Å²) in [5, 5.41) is 2.17. The fourth-order valence-electron chi connectivity index (χ4n) is 2.75. The number of alkyl halides is 3. The van der Waals surface area contributed by atoms with Gasteiger partial charge in [0.15, 0.2) is 0 Å². The summed E-state index contributed by atoms with van der Waals surface area (Å²) < 4.78 is 39.6. The number of rotatable bonds is 5. The van der Waals surface area contributed by atoms with E-state index in [2.05, 4.69) is 5.32 Å². The minimum absolute atomic E-state index is 0.0797. The average molecular weight is 357 g/mol. The van der Waals surface area contributed by atoms with Crippen molar-refractivity contribution in [1.82, 2.24) is 5.32 Å². The van der Waals surface area contributed by atoms with Crippen molar-refractivity contribution in [2.24, 2.45) is 0 Å². The number of anilines is 2. The second kappa shape index (κ2) is 7.12. The van der Waals surface area contributed by atoms with E-state index in [1.807, 2.05) is 0 Å². The van der Waals surface area contributed by atoms with Crippen LogP contribution in [0.2, 0.25) is 0 Å². The van der Waals surface area contributed by atoms with E-state index in [1.54, 1.807) is 13.0 Å². The number of amides is 3. The third-order valence-electron chi connectivity index (χ3n) is 4.14. The highest BCUT2D eigenvalue weighted by Crippen LogP contribution is 2.37. The van der Waals surface area contributed by atoms with Gasteiger partial charge >= 0.3 is 6.30 Å². The van der Waals surface area contributed by atoms with Crippen LogP contribution >= 0.6 is 0 Å². The molecule has 1 atom stereocenters. The second-order valence-electron chi connectivity index (χ2n) is 5.70. The number of halogens is 3. The van der Waals surface area contributed by atoms with Crippen molar-refractivity contribution in [1.29, 1.82) is 0 Å². The van der Waals surface area contributed by atoms with Gasteiger partial charge in [0.25, 0.3) is 0 Å². The van der Waals surface area contributed by atoms with Crippen LogP contribution in [-0.4, -0.2) is 37.6 Å². The number of carbonyl (C=O) groups is 3. The van der Waals surface area contributed by atoms with Gasteiger partial charge in [-0.3, -0.25) is 19.7 Å². The predicted octanol–water partition coefficient (Wildman–Crippen LogP) is 1.97. The standard InChI is InChI=1S/C16H18F3N3O3/c1-3-10-4-5-11(13(8-10)22(9-23)16(17,18)19)21(2)12-6-7-14(24)20-15(12)25/h4-5,8-9,12H,3,6-7H2,1-2H3,(H,20,24,25). The van der Waals surface area contributed by atoms with Crippen LogP contribution in [0.4, 0.5) is 24.5 Å². The molecule has 25 heavy (non-hydrogen) atoms. The number of aryl methyl sites for hydroxylation is 1. The number of hydrogen-bond acceptors (Lipinski definition) is 4. The first kappa shape index (κ1) is 18.8. The zero-order valence-corrected chi connectivity index (χ0v) is 13.8. The van der Waals surface area contributed by atoms with E-state index < -0.39 is 24.2 Å². The van der Waals surface area contributed by atoms with Crippen LogP contribution in [0.1, 0.15) is 25.3 Å². The monoisotopic (exact) mass is 357 g/mol. The van der Waals surface area contributed by atoms with Crippen molar-refractivity contribution in [2.45, 2.75) is 38.5 Å². The zero-order valence-electron chi connectivity index (χ0n) is 13.8. The van der Waals surface area contributed by atoms with Crippen LogP contribution in [0.25, 0.3) is 0 Å². The highest BCUT2D eigenvalue weighted by atomic mass is 19.4. The SMILES string of the molecule is CCc1ccc(N(C)C2CCC(=O)NC2=O)c(N(C=O)C(F)(F)F)c1. The first-order valence-corrected chi connectivity index (χ1v) is 7.69. The molecule has 1 aliphatic rings. The van der Waals surface area contributed by atoms with E-state index in [0.29, 0.717) is 12.0 Å². The minimum Gasteiger partial charge on any atom is -0.361 e. The lowest BCUT2D eigenvalue weighted by atomic mass is 10.0. The Labute approximate surface area is 142 Å². The molecule has 0 aromatic heterocycles. The molecule has 0 aliphatic carbocycles. The Kier molecular flexibility index (Phi) is 5.34. The topological polar surface area (TPSA) is 69.7 Å². The fourth-order valence-corrected chi connectivity index (χ4v) is 2.75. The molecule has 2 rings (SSSR count). The lowest BCUT2D eigenvalue weighted by Gasteiger charge is -2.34. The number of carbonyl (C=O) groups excluding carboxylic acids is 3. The Morgan fingerprint density at radius 3 is 2.48 bits per heavy atom. The predicted molar refractivity (Wildman–Crippen MR) is 85.0 cm³/mol. The van der Waals surface area contributed by atoms with Crippen molar-refractivity contribution >= 4 is 29.6 Å². The lowest BCUT2D eigenvalue weighted by Crippen LogP contribution is -2.51. The van der Waals surface area contributed by atoms with Gasteiger partial charge in [0.05, 0.1) is 11.4 Å². The molecule has 0 spiro atoms. The molecule has 0 saturated carbocycles. The summed E-state index contributed by atoms with van der Waals surface area (Å²) in [6.45, 7) is 1.78. The maximum absolute atomic E-state index is 13.2. The Hall–Kier alpha value is -2.58. The molecule has 6 nitrogen and oxygen atoms in total. The average Bonchev–Trinajstić information content (AvgIpc) is 2.53. The number of benzene rings is 1. The molecule has 1 unspecified atom stereocenters. The summed E-state index contributed by atoms with van der Waals surface area (Å²) in [7, 11) is 1.46. The normalized spacial score (nSPS) is 17.9. The largest absolute Gasteiger partial charge is 0.491 e. The van der Waals surface area contributed by atoms with Gasteiger partial charge in [0.2, 0.25) is 18.2 Å². The van der Waals surface area contributed by atoms with E-state index in [9.17, 15) is 27.6 Å². The fraction of sp³-hybridized carbons (Fsp3) is 0.438. The molecule has 3 amide bonds. The summed E-state index contributed by atoms with van der Waals surface area (Å²) >= 11 is 0. The van der Waals surface area contributed by atoms with Crippen molar-refractivity contribution < 1.29 is 27.6 Å². The molecule has 1 heterocycles. The molecule has 0 bridgehead atoms. The van der Waals surface area contributed by atoms with Gasteiger partial charge in [-0.2, -0.15) is 0 Å². The molecule has 1 aliphatic heterocycles. The molecular formula is C16H18F3N3O3. The lowest BCUT2D eigenvalue weighted by molar-refractivity contribution is -0.142. The zero-order chi connectivity index (χ0) is 18.8. The Morgan fingerprint density at radius 2 is 1.96 bits per heavy atom. The smallest absolute Gasteiger partial charge is 0.361 e. The van der Waals surface area contributed by atoms with E-state index in [-0.39, 0.29) is 35.5 Å². The van der Waals surface area contributed by atoms with Crippen molar-refractivity contribution in [3.63, 3.8) is 0 Å². The number of nitrogens with one attached hydrogen (secondary N) is 1. The molecule has 0 radical (unpaired) electrons. The minimum atomic E-state index is -4.89. The van der Waals surface area contributed by atoms with Gasteiger partial charge in [-0.25, -0.2) is 4.90 Å². The van der Waals surface area contributed by atoms with Crippen molar-refractivity contribution in [2.75, 3.05) is 16.8 Å². The van der Waals surface area contributed by atoms with E-state index in [4.69, 9.17) is 0 Å². The van der Waals surface area contributed by atoms with E-state index in [1.165, 1.54) is 24.1 Å². The molecule has 1 aromatic carbocycles. The Balaban J connectivity index is 2.47. The van der Waals surface area contributed by atoms with Crippen LogP contribution in [-0.2, 0) is 20.8 Å². The molecular weight excluding hydrogens is 339 g/mol. The number of piperidine rings is 1. The van der Waals surface area contributed by atoms with E-state index >= 15 is 0 Å². The maximum atomic E-state index is 13.2. The van der Waals surface area contributed by atoms with Crippen LogP contribution in [0, 0.1) is 0 Å². The highest BCUT2D eigenvalue weighted by Gasteiger charge is 2.40. The first-order valence-electron chi connectivity index (χ1n) is 7.69. The summed E-state index contributed by atoms with van der Waals surface area (Å²) in [4.78, 5) is 35.4. The maximum Gasteiger partial charge on any atom is 0.491 e. The Morgan fingerprint density at radius 1 is 1.28 bits per heavy atom. The van der Waals surface area contributed by atoms with Crippen molar-refractivity contribution in [3.05, 3.63) is 23.8 Å². The summed E-state index contributed by atoms with van der Waals surface area (Å²) in [6.07, 6.45) is -4.42. The van der Waals surface area contributed by atoms with Gasteiger partial charge in [0.1, 0.15) is 6.04 Å². The third kappa shape index (κ3) is 3.92. The third-order valence-corrected chi connectivity index (χ3v) is 4.14. The molecule has 1 saturated heterocycles. The molecule has 1 N–H and O–H groups in total. The number of nitrogens with zero attached hydrogens (tertiary/aromatic N) is 2. The summed E-state index contributed by atoms with van der Waals surface area (Å²) in [5.41, 5.74) is 0.344. The quantitative estimate of drug-likeness (QED) is 0.497. The van der Waals surface area contributed by atoms with Gasteiger partial charge in [-0.1, -0.05) is 13.0 Å². The number of imide groups is 1. The van der Waals surface area contributed by atoms with Gasteiger partial charge in [0, 0.05) is 13.5 Å². The second-order valence-corrected chi connectivity index (χ2v) is 5.70. The van der Waals surface area contributed by atoms with Crippen LogP contribution in [0.15, 0.2) is 18.2 Å². The van der Waals surface area contributed by atoms with Crippen LogP contribution in [0.5, 0.6) is 0 Å². The van der Waals surface area contributed by atoms with Crippen LogP contribution in [0.3, 0.4) is 0 Å².